The lowest BCUT2D eigenvalue weighted by molar-refractivity contribution is -0.120. The van der Waals surface area contributed by atoms with Gasteiger partial charge in [0, 0.05) is 12.2 Å². The lowest BCUT2D eigenvalue weighted by Gasteiger charge is -2.09. The maximum atomic E-state index is 11.6. The van der Waals surface area contributed by atoms with Gasteiger partial charge in [-0.3, -0.25) is 4.79 Å². The molecule has 0 fully saturated rings. The molecule has 6 heteroatoms. The number of amides is 3. The van der Waals surface area contributed by atoms with Crippen molar-refractivity contribution in [3.05, 3.63) is 29.8 Å². The summed E-state index contributed by atoms with van der Waals surface area (Å²) in [6.07, 6.45) is 0.313. The summed E-state index contributed by atoms with van der Waals surface area (Å²) in [5.41, 5.74) is 1.37. The Bertz CT molecular complexity index is 443. The molecule has 0 aromatic heterocycles. The van der Waals surface area contributed by atoms with Crippen LogP contribution in [-0.2, 0) is 4.79 Å². The molecule has 1 atom stereocenters. The van der Waals surface area contributed by atoms with E-state index in [1.54, 1.807) is 31.2 Å². The molecule has 4 N–H and O–H groups in total. The second kappa shape index (κ2) is 8.16. The van der Waals surface area contributed by atoms with Crippen molar-refractivity contribution in [1.82, 2.24) is 10.6 Å². The largest absolute Gasteiger partial charge is 0.389 e. The van der Waals surface area contributed by atoms with Crippen LogP contribution >= 0.6 is 0 Å². The summed E-state index contributed by atoms with van der Waals surface area (Å²) in [4.78, 5) is 22.9. The van der Waals surface area contributed by atoms with Gasteiger partial charge >= 0.3 is 6.03 Å². The molecule has 1 unspecified atom stereocenters. The van der Waals surface area contributed by atoms with E-state index in [-0.39, 0.29) is 12.5 Å². The molecule has 0 bridgehead atoms. The zero-order valence-electron chi connectivity index (χ0n) is 11.8. The van der Waals surface area contributed by atoms with Crippen LogP contribution in [0.5, 0.6) is 0 Å². The van der Waals surface area contributed by atoms with Crippen LogP contribution in [0.1, 0.15) is 31.9 Å². The highest BCUT2D eigenvalue weighted by atomic mass is 16.3. The number of aliphatic hydroxyl groups excluding tert-OH is 1. The minimum atomic E-state index is -0.542. The van der Waals surface area contributed by atoms with Crippen molar-refractivity contribution in [2.45, 2.75) is 26.4 Å². The fourth-order valence-corrected chi connectivity index (χ4v) is 1.51. The molecule has 110 valence electrons. The fraction of sp³-hybridized carbons (Fsp3) is 0.429. The van der Waals surface area contributed by atoms with E-state index in [1.807, 2.05) is 6.92 Å². The second-order valence-corrected chi connectivity index (χ2v) is 4.46. The van der Waals surface area contributed by atoms with E-state index in [2.05, 4.69) is 16.0 Å². The highest BCUT2D eigenvalue weighted by molar-refractivity contribution is 5.92. The van der Waals surface area contributed by atoms with E-state index in [9.17, 15) is 14.7 Å². The van der Waals surface area contributed by atoms with Crippen molar-refractivity contribution >= 4 is 17.6 Å². The molecule has 0 aliphatic heterocycles. The summed E-state index contributed by atoms with van der Waals surface area (Å²) < 4.78 is 0. The van der Waals surface area contributed by atoms with E-state index in [0.29, 0.717) is 12.2 Å². The van der Waals surface area contributed by atoms with Crippen LogP contribution in [0.3, 0.4) is 0 Å². The third-order valence-electron chi connectivity index (χ3n) is 2.63. The summed E-state index contributed by atoms with van der Waals surface area (Å²) in [6, 6.07) is 6.40. The van der Waals surface area contributed by atoms with Gasteiger partial charge in [0.05, 0.1) is 12.6 Å². The molecular formula is C14H21N3O3. The number of carbonyl (C=O) groups excluding carboxylic acids is 2. The van der Waals surface area contributed by atoms with Crippen molar-refractivity contribution in [2.75, 3.05) is 18.4 Å². The van der Waals surface area contributed by atoms with Gasteiger partial charge in [0.15, 0.2) is 0 Å². The maximum Gasteiger partial charge on any atom is 0.319 e. The number of hydrogen-bond acceptors (Lipinski definition) is 3. The minimum absolute atomic E-state index is 0.0579. The first-order valence-electron chi connectivity index (χ1n) is 6.62. The third kappa shape index (κ3) is 5.71. The average molecular weight is 279 g/mol. The quantitative estimate of drug-likeness (QED) is 0.634. The van der Waals surface area contributed by atoms with Crippen molar-refractivity contribution in [2.24, 2.45) is 0 Å². The molecule has 1 aromatic carbocycles. The Kier molecular flexibility index (Phi) is 6.52. The predicted octanol–water partition coefficient (Wildman–Crippen LogP) is 1.39. The molecule has 0 saturated carbocycles. The average Bonchev–Trinajstić information content (AvgIpc) is 2.43. The van der Waals surface area contributed by atoms with Crippen LogP contribution in [0.15, 0.2) is 24.3 Å². The van der Waals surface area contributed by atoms with Gasteiger partial charge < -0.3 is 21.1 Å². The number of benzene rings is 1. The number of aliphatic hydroxyl groups is 1. The first-order valence-corrected chi connectivity index (χ1v) is 6.62. The molecule has 0 heterocycles. The summed E-state index contributed by atoms with van der Waals surface area (Å²) in [7, 11) is 0. The number of rotatable bonds is 6. The van der Waals surface area contributed by atoms with Gasteiger partial charge in [0.25, 0.3) is 0 Å². The van der Waals surface area contributed by atoms with E-state index in [1.165, 1.54) is 0 Å². The van der Waals surface area contributed by atoms with E-state index in [0.717, 1.165) is 12.0 Å². The normalized spacial score (nSPS) is 11.6. The number of carbonyl (C=O) groups is 2. The number of anilines is 1. The molecule has 3 amide bonds. The lowest BCUT2D eigenvalue weighted by Crippen LogP contribution is -2.39. The minimum Gasteiger partial charge on any atom is -0.389 e. The second-order valence-electron chi connectivity index (χ2n) is 4.46. The Labute approximate surface area is 118 Å². The van der Waals surface area contributed by atoms with Crippen molar-refractivity contribution in [3.8, 4) is 0 Å². The Morgan fingerprint density at radius 2 is 1.85 bits per heavy atom. The third-order valence-corrected chi connectivity index (χ3v) is 2.63. The smallest absolute Gasteiger partial charge is 0.319 e. The van der Waals surface area contributed by atoms with E-state index < -0.39 is 12.1 Å². The molecule has 0 saturated heterocycles. The van der Waals surface area contributed by atoms with E-state index >= 15 is 0 Å². The van der Waals surface area contributed by atoms with Crippen molar-refractivity contribution in [1.29, 1.82) is 0 Å². The summed E-state index contributed by atoms with van der Waals surface area (Å²) in [5.74, 6) is -0.216. The number of urea groups is 1. The Morgan fingerprint density at radius 1 is 1.20 bits per heavy atom. The first-order chi connectivity index (χ1) is 9.52. The van der Waals surface area contributed by atoms with Gasteiger partial charge in [-0.25, -0.2) is 4.79 Å². The van der Waals surface area contributed by atoms with Crippen LogP contribution < -0.4 is 16.0 Å². The summed E-state index contributed by atoms with van der Waals surface area (Å²) in [6.45, 7) is 4.17. The molecule has 0 aliphatic carbocycles. The van der Waals surface area contributed by atoms with Gasteiger partial charge in [0.1, 0.15) is 0 Å². The van der Waals surface area contributed by atoms with E-state index in [4.69, 9.17) is 0 Å². The zero-order valence-corrected chi connectivity index (χ0v) is 11.8. The molecule has 0 spiro atoms. The number of nitrogens with one attached hydrogen (secondary N) is 3. The molecule has 0 radical (unpaired) electrons. The highest BCUT2D eigenvalue weighted by Crippen LogP contribution is 2.15. The van der Waals surface area contributed by atoms with Crippen LogP contribution in [0.4, 0.5) is 10.5 Å². The maximum absolute atomic E-state index is 11.6. The molecule has 0 aliphatic rings. The predicted molar refractivity (Wildman–Crippen MR) is 77.4 cm³/mol. The van der Waals surface area contributed by atoms with Gasteiger partial charge in [-0.15, -0.1) is 0 Å². The topological polar surface area (TPSA) is 90.5 Å². The van der Waals surface area contributed by atoms with Gasteiger partial charge in [-0.05, 0) is 31.0 Å². The highest BCUT2D eigenvalue weighted by Gasteiger charge is 2.05. The SMILES string of the molecule is CCCNC(=O)CNC(=O)Nc1ccc(C(C)O)cc1. The molecule has 20 heavy (non-hydrogen) atoms. The Balaban J connectivity index is 2.36. The van der Waals surface area contributed by atoms with Gasteiger partial charge in [-0.1, -0.05) is 19.1 Å². The van der Waals surface area contributed by atoms with Crippen LogP contribution in [0, 0.1) is 0 Å². The summed E-state index contributed by atoms with van der Waals surface area (Å²) >= 11 is 0. The van der Waals surface area contributed by atoms with Crippen molar-refractivity contribution < 1.29 is 14.7 Å². The summed E-state index contributed by atoms with van der Waals surface area (Å²) in [5, 5.41) is 17.1. The van der Waals surface area contributed by atoms with Crippen molar-refractivity contribution in [3.63, 3.8) is 0 Å². The Morgan fingerprint density at radius 3 is 2.40 bits per heavy atom. The molecular weight excluding hydrogens is 258 g/mol. The standard InChI is InChI=1S/C14H21N3O3/c1-3-8-15-13(19)9-16-14(20)17-12-6-4-11(5-7-12)10(2)18/h4-7,10,18H,3,8-9H2,1-2H3,(H,15,19)(H2,16,17,20). The lowest BCUT2D eigenvalue weighted by atomic mass is 10.1. The monoisotopic (exact) mass is 279 g/mol. The molecule has 1 aromatic rings. The van der Waals surface area contributed by atoms with Crippen LogP contribution in [0.25, 0.3) is 0 Å². The molecule has 6 nitrogen and oxygen atoms in total. The Hall–Kier alpha value is -2.08. The first kappa shape index (κ1) is 16.0. The van der Waals surface area contributed by atoms with Crippen LogP contribution in [-0.4, -0.2) is 30.1 Å². The molecule has 1 rings (SSSR count). The fourth-order valence-electron chi connectivity index (χ4n) is 1.51. The van der Waals surface area contributed by atoms with Gasteiger partial charge in [-0.2, -0.15) is 0 Å². The van der Waals surface area contributed by atoms with Gasteiger partial charge in [0.2, 0.25) is 5.91 Å². The zero-order chi connectivity index (χ0) is 15.0. The number of hydrogen-bond donors (Lipinski definition) is 4. The van der Waals surface area contributed by atoms with Crippen LogP contribution in [0.2, 0.25) is 0 Å².